The second-order valence-corrected chi connectivity index (χ2v) is 6.85. The summed E-state index contributed by atoms with van der Waals surface area (Å²) in [6.45, 7) is 2.92. The third kappa shape index (κ3) is 4.68. The van der Waals surface area contributed by atoms with Gasteiger partial charge in [-0.25, -0.2) is 9.78 Å². The maximum atomic E-state index is 12.5. The van der Waals surface area contributed by atoms with Gasteiger partial charge in [0.25, 0.3) is 0 Å². The molecule has 29 heavy (non-hydrogen) atoms. The molecule has 0 aliphatic rings. The molecule has 0 saturated heterocycles. The standard InChI is InChI=1S/C20H20F3N3O3/c1-11-7-13(3-4-15(11)19(28)29)17-10-26-9-14(12(2)27)8-16(18(26)25-17)24-6-5-20(21,22)23/h3-4,7-10,12,24,27H,5-6H2,1-2H3,(H,28,29). The number of aromatic nitrogens is 2. The molecular formula is C20H20F3N3O3. The summed E-state index contributed by atoms with van der Waals surface area (Å²) in [5.74, 6) is -1.03. The molecule has 6 nitrogen and oxygen atoms in total. The molecule has 0 saturated carbocycles. The number of aliphatic hydroxyl groups excluding tert-OH is 1. The van der Waals surface area contributed by atoms with E-state index in [9.17, 15) is 23.1 Å². The number of halogens is 3. The average molecular weight is 407 g/mol. The van der Waals surface area contributed by atoms with Gasteiger partial charge in [0.15, 0.2) is 5.65 Å². The Morgan fingerprint density at radius 3 is 2.59 bits per heavy atom. The zero-order valence-electron chi connectivity index (χ0n) is 15.8. The van der Waals surface area contributed by atoms with Gasteiger partial charge in [0, 0.05) is 24.5 Å². The minimum atomic E-state index is -4.28. The lowest BCUT2D eigenvalue weighted by atomic mass is 10.0. The molecular weight excluding hydrogens is 387 g/mol. The quantitative estimate of drug-likeness (QED) is 0.563. The zero-order chi connectivity index (χ0) is 21.3. The van der Waals surface area contributed by atoms with Crippen LogP contribution in [-0.2, 0) is 0 Å². The summed E-state index contributed by atoms with van der Waals surface area (Å²) in [4.78, 5) is 15.7. The predicted molar refractivity (Wildman–Crippen MR) is 102 cm³/mol. The van der Waals surface area contributed by atoms with Crippen molar-refractivity contribution in [2.75, 3.05) is 11.9 Å². The zero-order valence-corrected chi connectivity index (χ0v) is 15.8. The first-order valence-corrected chi connectivity index (χ1v) is 8.91. The van der Waals surface area contributed by atoms with E-state index in [0.29, 0.717) is 33.7 Å². The Kier molecular flexibility index (Phi) is 5.52. The maximum absolute atomic E-state index is 12.5. The van der Waals surface area contributed by atoms with Crippen LogP contribution in [0.3, 0.4) is 0 Å². The van der Waals surface area contributed by atoms with Crippen molar-refractivity contribution in [2.45, 2.75) is 32.5 Å². The van der Waals surface area contributed by atoms with E-state index < -0.39 is 24.7 Å². The molecule has 3 aromatic rings. The number of aryl methyl sites for hydroxylation is 1. The highest BCUT2D eigenvalue weighted by atomic mass is 19.4. The molecule has 1 atom stereocenters. The van der Waals surface area contributed by atoms with Gasteiger partial charge in [-0.3, -0.25) is 0 Å². The van der Waals surface area contributed by atoms with Crippen LogP contribution in [0.25, 0.3) is 16.9 Å². The number of imidazole rings is 1. The molecule has 9 heteroatoms. The Labute approximate surface area is 164 Å². The number of hydrogen-bond donors (Lipinski definition) is 3. The van der Waals surface area contributed by atoms with E-state index in [1.165, 1.54) is 6.07 Å². The van der Waals surface area contributed by atoms with Gasteiger partial charge in [-0.15, -0.1) is 0 Å². The number of rotatable bonds is 6. The SMILES string of the molecule is Cc1cc(-c2cn3cc(C(C)O)cc(NCCC(F)(F)F)c3n2)ccc1C(=O)O. The van der Waals surface area contributed by atoms with E-state index in [-0.39, 0.29) is 12.1 Å². The number of carbonyl (C=O) groups is 1. The minimum absolute atomic E-state index is 0.184. The van der Waals surface area contributed by atoms with Crippen LogP contribution in [0.15, 0.2) is 36.7 Å². The molecule has 1 aromatic carbocycles. The van der Waals surface area contributed by atoms with Crippen molar-refractivity contribution in [1.29, 1.82) is 0 Å². The van der Waals surface area contributed by atoms with Gasteiger partial charge in [-0.1, -0.05) is 6.07 Å². The fourth-order valence-corrected chi connectivity index (χ4v) is 3.02. The fourth-order valence-electron chi connectivity index (χ4n) is 3.02. The van der Waals surface area contributed by atoms with Gasteiger partial charge in [0.2, 0.25) is 0 Å². The fraction of sp³-hybridized carbons (Fsp3) is 0.300. The third-order valence-corrected chi connectivity index (χ3v) is 4.53. The van der Waals surface area contributed by atoms with Crippen LogP contribution in [0.2, 0.25) is 0 Å². The molecule has 2 heterocycles. The van der Waals surface area contributed by atoms with Gasteiger partial charge in [-0.05, 0) is 43.2 Å². The third-order valence-electron chi connectivity index (χ3n) is 4.53. The first-order valence-electron chi connectivity index (χ1n) is 8.91. The van der Waals surface area contributed by atoms with Crippen molar-refractivity contribution < 1.29 is 28.2 Å². The molecule has 1 unspecified atom stereocenters. The van der Waals surface area contributed by atoms with Gasteiger partial charge in [0.05, 0.1) is 29.5 Å². The number of carboxylic acid groups (broad SMARTS) is 1. The Morgan fingerprint density at radius 1 is 1.28 bits per heavy atom. The van der Waals surface area contributed by atoms with E-state index in [1.54, 1.807) is 48.8 Å². The highest BCUT2D eigenvalue weighted by Gasteiger charge is 2.26. The number of aliphatic hydroxyl groups is 1. The molecule has 0 amide bonds. The van der Waals surface area contributed by atoms with Crippen LogP contribution in [0.5, 0.6) is 0 Å². The summed E-state index contributed by atoms with van der Waals surface area (Å²) in [5, 5.41) is 21.8. The summed E-state index contributed by atoms with van der Waals surface area (Å²) in [6, 6.07) is 6.38. The van der Waals surface area contributed by atoms with E-state index in [0.717, 1.165) is 0 Å². The summed E-state index contributed by atoms with van der Waals surface area (Å²) in [5.41, 5.74) is 3.27. The van der Waals surface area contributed by atoms with Crippen molar-refractivity contribution in [3.63, 3.8) is 0 Å². The minimum Gasteiger partial charge on any atom is -0.478 e. The largest absolute Gasteiger partial charge is 0.478 e. The van der Waals surface area contributed by atoms with Crippen LogP contribution in [0.1, 0.15) is 40.9 Å². The lowest BCUT2D eigenvalue weighted by Gasteiger charge is -2.13. The van der Waals surface area contributed by atoms with Gasteiger partial charge >= 0.3 is 12.1 Å². The lowest BCUT2D eigenvalue weighted by Crippen LogP contribution is -2.15. The van der Waals surface area contributed by atoms with E-state index in [4.69, 9.17) is 5.11 Å². The first kappa shape index (κ1) is 20.7. The van der Waals surface area contributed by atoms with Crippen LogP contribution < -0.4 is 5.32 Å². The molecule has 3 rings (SSSR count). The predicted octanol–water partition coefficient (Wildman–Crippen LogP) is 4.43. The number of alkyl halides is 3. The molecule has 2 aromatic heterocycles. The normalized spacial score (nSPS) is 12.9. The number of nitrogens with one attached hydrogen (secondary N) is 1. The molecule has 0 fully saturated rings. The second-order valence-electron chi connectivity index (χ2n) is 6.85. The van der Waals surface area contributed by atoms with Crippen molar-refractivity contribution >= 4 is 17.3 Å². The molecule has 3 N–H and O–H groups in total. The second kappa shape index (κ2) is 7.75. The smallest absolute Gasteiger partial charge is 0.390 e. The van der Waals surface area contributed by atoms with Crippen molar-refractivity contribution in [3.8, 4) is 11.3 Å². The lowest BCUT2D eigenvalue weighted by molar-refractivity contribution is -0.131. The van der Waals surface area contributed by atoms with Crippen LogP contribution >= 0.6 is 0 Å². The van der Waals surface area contributed by atoms with Gasteiger partial charge in [-0.2, -0.15) is 13.2 Å². The number of fused-ring (bicyclic) bond motifs is 1. The number of aromatic carboxylic acids is 1. The summed E-state index contributed by atoms with van der Waals surface area (Å²) in [6.07, 6.45) is -2.75. The maximum Gasteiger partial charge on any atom is 0.390 e. The van der Waals surface area contributed by atoms with Gasteiger partial charge in [0.1, 0.15) is 0 Å². The van der Waals surface area contributed by atoms with Crippen molar-refractivity contribution in [2.24, 2.45) is 0 Å². The monoisotopic (exact) mass is 407 g/mol. The number of hydrogen-bond acceptors (Lipinski definition) is 4. The van der Waals surface area contributed by atoms with Crippen LogP contribution in [-0.4, -0.2) is 38.3 Å². The number of nitrogens with zero attached hydrogens (tertiary/aromatic N) is 2. The van der Waals surface area contributed by atoms with Crippen LogP contribution in [0.4, 0.5) is 18.9 Å². The average Bonchev–Trinajstić information content (AvgIpc) is 3.04. The number of anilines is 1. The molecule has 0 aliphatic carbocycles. The molecule has 0 aliphatic heterocycles. The number of pyridine rings is 1. The highest BCUT2D eigenvalue weighted by molar-refractivity contribution is 5.90. The Hall–Kier alpha value is -3.07. The Balaban J connectivity index is 2.02. The van der Waals surface area contributed by atoms with Gasteiger partial charge < -0.3 is 19.9 Å². The molecule has 0 radical (unpaired) electrons. The Morgan fingerprint density at radius 2 is 2.00 bits per heavy atom. The van der Waals surface area contributed by atoms with E-state index in [2.05, 4.69) is 10.3 Å². The van der Waals surface area contributed by atoms with Crippen molar-refractivity contribution in [3.05, 3.63) is 53.3 Å². The van der Waals surface area contributed by atoms with E-state index in [1.807, 2.05) is 0 Å². The topological polar surface area (TPSA) is 86.9 Å². The summed E-state index contributed by atoms with van der Waals surface area (Å²) < 4.78 is 39.1. The molecule has 0 spiro atoms. The highest BCUT2D eigenvalue weighted by Crippen LogP contribution is 2.28. The summed E-state index contributed by atoms with van der Waals surface area (Å²) in [7, 11) is 0. The molecule has 0 bridgehead atoms. The first-order chi connectivity index (χ1) is 13.5. The van der Waals surface area contributed by atoms with E-state index >= 15 is 0 Å². The van der Waals surface area contributed by atoms with Crippen LogP contribution in [0, 0.1) is 6.92 Å². The van der Waals surface area contributed by atoms with Crippen molar-refractivity contribution in [1.82, 2.24) is 9.38 Å². The molecule has 154 valence electrons. The Bertz CT molecular complexity index is 1060. The number of benzene rings is 1. The summed E-state index contributed by atoms with van der Waals surface area (Å²) >= 11 is 0. The number of carboxylic acids is 1.